The number of carboxylic acid groups (broad SMARTS) is 3. The van der Waals surface area contributed by atoms with Crippen LogP contribution in [0.3, 0.4) is 0 Å². The third-order valence-electron chi connectivity index (χ3n) is 2.44. The van der Waals surface area contributed by atoms with Crippen molar-refractivity contribution in [2.45, 2.75) is 25.4 Å². The number of rotatable bonds is 7. The second kappa shape index (κ2) is 9.35. The SMILES string of the molecule is CCNc1ccccc1.O=C(O)CC(O)(CC(=O)O)C(=O)O. The summed E-state index contributed by atoms with van der Waals surface area (Å²) in [6, 6.07) is 10.2. The molecule has 0 unspecified atom stereocenters. The average Bonchev–Trinajstić information content (AvgIpc) is 2.39. The van der Waals surface area contributed by atoms with Gasteiger partial charge in [-0.1, -0.05) is 18.2 Å². The quantitative estimate of drug-likeness (QED) is 0.498. The van der Waals surface area contributed by atoms with Crippen LogP contribution in [0.25, 0.3) is 0 Å². The van der Waals surface area contributed by atoms with Gasteiger partial charge in [0.2, 0.25) is 0 Å². The number of aliphatic carboxylic acids is 3. The number of carboxylic acids is 3. The van der Waals surface area contributed by atoms with E-state index in [-0.39, 0.29) is 0 Å². The summed E-state index contributed by atoms with van der Waals surface area (Å²) in [5, 5.41) is 37.0. The van der Waals surface area contributed by atoms with Gasteiger partial charge in [-0.15, -0.1) is 0 Å². The summed E-state index contributed by atoms with van der Waals surface area (Å²) < 4.78 is 0. The highest BCUT2D eigenvalue weighted by Crippen LogP contribution is 2.15. The van der Waals surface area contributed by atoms with Crippen LogP contribution in [0.4, 0.5) is 5.69 Å². The molecule has 122 valence electrons. The van der Waals surface area contributed by atoms with Crippen LogP contribution in [-0.4, -0.2) is 50.5 Å². The molecular formula is C14H19NO7. The van der Waals surface area contributed by atoms with Crippen LogP contribution in [0.5, 0.6) is 0 Å². The summed E-state index contributed by atoms with van der Waals surface area (Å²) in [4.78, 5) is 30.5. The van der Waals surface area contributed by atoms with Crippen LogP contribution in [0.1, 0.15) is 19.8 Å². The van der Waals surface area contributed by atoms with Crippen LogP contribution in [-0.2, 0) is 14.4 Å². The smallest absolute Gasteiger partial charge is 0.336 e. The molecule has 0 aliphatic rings. The van der Waals surface area contributed by atoms with Crippen LogP contribution in [0.2, 0.25) is 0 Å². The molecule has 8 heteroatoms. The first-order valence-electron chi connectivity index (χ1n) is 6.39. The first-order valence-corrected chi connectivity index (χ1v) is 6.39. The second-order valence-electron chi connectivity index (χ2n) is 4.37. The maximum Gasteiger partial charge on any atom is 0.336 e. The maximum atomic E-state index is 10.3. The number of nitrogens with one attached hydrogen (secondary N) is 1. The van der Waals surface area contributed by atoms with E-state index in [0.717, 1.165) is 6.54 Å². The van der Waals surface area contributed by atoms with Crippen molar-refractivity contribution in [2.24, 2.45) is 0 Å². The van der Waals surface area contributed by atoms with Crippen molar-refractivity contribution in [3.63, 3.8) is 0 Å². The fourth-order valence-electron chi connectivity index (χ4n) is 1.47. The highest BCUT2D eigenvalue weighted by Gasteiger charge is 2.40. The highest BCUT2D eigenvalue weighted by atomic mass is 16.4. The van der Waals surface area contributed by atoms with Gasteiger partial charge >= 0.3 is 17.9 Å². The minimum atomic E-state index is -2.74. The Labute approximate surface area is 127 Å². The summed E-state index contributed by atoms with van der Waals surface area (Å²) in [5.74, 6) is -5.02. The number of aliphatic hydroxyl groups is 1. The Balaban J connectivity index is 0.000000425. The summed E-state index contributed by atoms with van der Waals surface area (Å²) in [5.41, 5.74) is -1.54. The molecule has 0 fully saturated rings. The van der Waals surface area contributed by atoms with E-state index in [1.807, 2.05) is 18.2 Å². The molecule has 0 aliphatic carbocycles. The maximum absolute atomic E-state index is 10.3. The van der Waals surface area contributed by atoms with Gasteiger partial charge in [-0.2, -0.15) is 0 Å². The number of hydrogen-bond acceptors (Lipinski definition) is 5. The molecule has 0 aromatic heterocycles. The highest BCUT2D eigenvalue weighted by molar-refractivity contribution is 5.88. The van der Waals surface area contributed by atoms with Crippen LogP contribution in [0.15, 0.2) is 30.3 Å². The third kappa shape index (κ3) is 7.85. The van der Waals surface area contributed by atoms with Gasteiger partial charge in [0, 0.05) is 12.2 Å². The molecule has 1 aromatic rings. The van der Waals surface area contributed by atoms with Crippen LogP contribution >= 0.6 is 0 Å². The lowest BCUT2D eigenvalue weighted by atomic mass is 9.96. The molecule has 0 bridgehead atoms. The van der Waals surface area contributed by atoms with Crippen molar-refractivity contribution < 1.29 is 34.8 Å². The van der Waals surface area contributed by atoms with Crippen molar-refractivity contribution in [3.8, 4) is 0 Å². The topological polar surface area (TPSA) is 144 Å². The Hall–Kier alpha value is -2.61. The van der Waals surface area contributed by atoms with Gasteiger partial charge in [0.1, 0.15) is 0 Å². The minimum Gasteiger partial charge on any atom is -0.481 e. The number of para-hydroxylation sites is 1. The lowest BCUT2D eigenvalue weighted by Gasteiger charge is -2.18. The first-order chi connectivity index (χ1) is 10.2. The fourth-order valence-corrected chi connectivity index (χ4v) is 1.47. The van der Waals surface area contributed by atoms with Gasteiger partial charge in [0.25, 0.3) is 0 Å². The number of hydrogen-bond donors (Lipinski definition) is 5. The van der Waals surface area contributed by atoms with Gasteiger partial charge in [-0.3, -0.25) is 9.59 Å². The standard InChI is InChI=1S/C8H11N.C6H8O7/c1-2-9-8-6-4-3-5-7-8;7-3(8)1-6(13,5(11)12)2-4(9)10/h3-7,9H,2H2,1H3;13H,1-2H2,(H,7,8)(H,9,10)(H,11,12). The van der Waals surface area contributed by atoms with E-state index in [1.54, 1.807) is 0 Å². The van der Waals surface area contributed by atoms with E-state index in [4.69, 9.17) is 20.4 Å². The molecule has 22 heavy (non-hydrogen) atoms. The lowest BCUT2D eigenvalue weighted by molar-refractivity contribution is -0.170. The molecule has 0 amide bonds. The molecule has 0 radical (unpaired) electrons. The van der Waals surface area contributed by atoms with E-state index in [9.17, 15) is 14.4 Å². The summed E-state index contributed by atoms with van der Waals surface area (Å²) in [6.45, 7) is 3.08. The zero-order chi connectivity index (χ0) is 17.2. The monoisotopic (exact) mass is 313 g/mol. The van der Waals surface area contributed by atoms with Gasteiger partial charge in [-0.25, -0.2) is 4.79 Å². The zero-order valence-electron chi connectivity index (χ0n) is 12.0. The molecule has 0 atom stereocenters. The van der Waals surface area contributed by atoms with Crippen molar-refractivity contribution in [3.05, 3.63) is 30.3 Å². The molecule has 0 saturated carbocycles. The number of benzene rings is 1. The van der Waals surface area contributed by atoms with Gasteiger partial charge in [-0.05, 0) is 19.1 Å². The predicted octanol–water partition coefficient (Wildman–Crippen LogP) is 0.870. The number of carbonyl (C=O) groups is 3. The molecule has 0 spiro atoms. The summed E-state index contributed by atoms with van der Waals surface area (Å²) in [7, 11) is 0. The largest absolute Gasteiger partial charge is 0.481 e. The lowest BCUT2D eigenvalue weighted by Crippen LogP contribution is -2.42. The summed E-state index contributed by atoms with van der Waals surface area (Å²) >= 11 is 0. The Morgan fingerprint density at radius 1 is 1.00 bits per heavy atom. The van der Waals surface area contributed by atoms with Gasteiger partial charge in [0.15, 0.2) is 5.60 Å². The molecular weight excluding hydrogens is 294 g/mol. The van der Waals surface area contributed by atoms with Crippen LogP contribution in [0, 0.1) is 0 Å². The first kappa shape index (κ1) is 19.4. The normalized spacial score (nSPS) is 10.1. The Kier molecular flexibility index (Phi) is 8.24. The fraction of sp³-hybridized carbons (Fsp3) is 0.357. The molecule has 5 N–H and O–H groups in total. The van der Waals surface area contributed by atoms with Crippen molar-refractivity contribution in [1.29, 1.82) is 0 Å². The van der Waals surface area contributed by atoms with E-state index in [0.29, 0.717) is 0 Å². The van der Waals surface area contributed by atoms with Crippen LogP contribution < -0.4 is 5.32 Å². The molecule has 0 aliphatic heterocycles. The zero-order valence-corrected chi connectivity index (χ0v) is 12.0. The Bertz CT molecular complexity index is 485. The molecule has 1 rings (SSSR count). The summed E-state index contributed by atoms with van der Waals surface area (Å²) in [6.07, 6.45) is -2.29. The van der Waals surface area contributed by atoms with E-state index in [1.165, 1.54) is 5.69 Å². The average molecular weight is 313 g/mol. The van der Waals surface area contributed by atoms with E-state index < -0.39 is 36.4 Å². The predicted molar refractivity (Wildman–Crippen MR) is 77.7 cm³/mol. The molecule has 0 heterocycles. The van der Waals surface area contributed by atoms with E-state index >= 15 is 0 Å². The van der Waals surface area contributed by atoms with Crippen molar-refractivity contribution in [2.75, 3.05) is 11.9 Å². The molecule has 1 aromatic carbocycles. The number of anilines is 1. The van der Waals surface area contributed by atoms with Crippen molar-refractivity contribution in [1.82, 2.24) is 0 Å². The Morgan fingerprint density at radius 3 is 1.77 bits per heavy atom. The second-order valence-corrected chi connectivity index (χ2v) is 4.37. The third-order valence-corrected chi connectivity index (χ3v) is 2.44. The van der Waals surface area contributed by atoms with Crippen molar-refractivity contribution >= 4 is 23.6 Å². The van der Waals surface area contributed by atoms with Gasteiger partial charge in [0.05, 0.1) is 12.8 Å². The van der Waals surface area contributed by atoms with Gasteiger partial charge < -0.3 is 25.7 Å². The van der Waals surface area contributed by atoms with E-state index in [2.05, 4.69) is 24.4 Å². The Morgan fingerprint density at radius 2 is 1.45 bits per heavy atom. The molecule has 0 saturated heterocycles. The molecule has 8 nitrogen and oxygen atoms in total. The minimum absolute atomic E-state index is 0.990.